The first-order chi connectivity index (χ1) is 7.75. The van der Waals surface area contributed by atoms with Crippen LogP contribution in [0.1, 0.15) is 18.4 Å². The first-order valence-corrected chi connectivity index (χ1v) is 6.29. The Morgan fingerprint density at radius 3 is 2.75 bits per heavy atom. The summed E-state index contributed by atoms with van der Waals surface area (Å²) in [5, 5.41) is 4.26. The van der Waals surface area contributed by atoms with Crippen molar-refractivity contribution < 1.29 is 0 Å². The molecule has 1 N–H and O–H groups in total. The quantitative estimate of drug-likeness (QED) is 0.871. The summed E-state index contributed by atoms with van der Waals surface area (Å²) in [6.07, 6.45) is 2.59. The monoisotopic (exact) mass is 238 g/mol. The number of piperidine rings is 1. The van der Waals surface area contributed by atoms with Crippen LogP contribution < -0.4 is 5.32 Å². The second kappa shape index (κ2) is 5.67. The number of benzene rings is 1. The molecule has 1 aromatic carbocycles. The molecule has 0 aliphatic carbocycles. The molecule has 1 aromatic rings. The molecule has 1 aliphatic rings. The van der Waals surface area contributed by atoms with Gasteiger partial charge < -0.3 is 5.32 Å². The summed E-state index contributed by atoms with van der Waals surface area (Å²) < 4.78 is 0. The summed E-state index contributed by atoms with van der Waals surface area (Å²) in [4.78, 5) is 2.43. The summed E-state index contributed by atoms with van der Waals surface area (Å²) in [6.45, 7) is 3.29. The Balaban J connectivity index is 1.90. The molecule has 0 bridgehead atoms. The lowest BCUT2D eigenvalue weighted by Gasteiger charge is -2.31. The Bertz CT molecular complexity index is 317. The fourth-order valence-electron chi connectivity index (χ4n) is 2.22. The molecule has 2 nitrogen and oxygen atoms in total. The van der Waals surface area contributed by atoms with Gasteiger partial charge in [0.15, 0.2) is 0 Å². The normalized spacial score (nSPS) is 21.3. The van der Waals surface area contributed by atoms with E-state index in [0.717, 1.165) is 18.1 Å². The Morgan fingerprint density at radius 1 is 1.38 bits per heavy atom. The van der Waals surface area contributed by atoms with Gasteiger partial charge in [-0.05, 0) is 44.1 Å². The van der Waals surface area contributed by atoms with Crippen LogP contribution in [-0.2, 0) is 6.54 Å². The van der Waals surface area contributed by atoms with E-state index < -0.39 is 0 Å². The fraction of sp³-hybridized carbons (Fsp3) is 0.538. The summed E-state index contributed by atoms with van der Waals surface area (Å²) in [5.41, 5.74) is 1.33. The van der Waals surface area contributed by atoms with E-state index >= 15 is 0 Å². The van der Waals surface area contributed by atoms with Crippen LogP contribution in [0, 0.1) is 0 Å². The standard InChI is InChI=1S/C13H19ClN2/c1-16(13-3-2-8-15-9-13)10-11-4-6-12(14)7-5-11/h4-7,13,15H,2-3,8-10H2,1H3. The number of rotatable bonds is 3. The number of nitrogens with zero attached hydrogens (tertiary/aromatic N) is 1. The number of halogens is 1. The zero-order valence-corrected chi connectivity index (χ0v) is 10.5. The van der Waals surface area contributed by atoms with Gasteiger partial charge in [-0.1, -0.05) is 23.7 Å². The molecule has 2 rings (SSSR count). The van der Waals surface area contributed by atoms with E-state index in [1.165, 1.54) is 24.9 Å². The van der Waals surface area contributed by atoms with Crippen molar-refractivity contribution in [2.75, 3.05) is 20.1 Å². The third-order valence-electron chi connectivity index (χ3n) is 3.24. The maximum Gasteiger partial charge on any atom is 0.0406 e. The molecular weight excluding hydrogens is 220 g/mol. The van der Waals surface area contributed by atoms with Gasteiger partial charge in [0.1, 0.15) is 0 Å². The molecule has 1 heterocycles. The summed E-state index contributed by atoms with van der Waals surface area (Å²) >= 11 is 5.87. The van der Waals surface area contributed by atoms with Gasteiger partial charge in [0.25, 0.3) is 0 Å². The van der Waals surface area contributed by atoms with Crippen molar-refractivity contribution in [3.8, 4) is 0 Å². The van der Waals surface area contributed by atoms with Gasteiger partial charge in [-0.3, -0.25) is 4.90 Å². The minimum Gasteiger partial charge on any atom is -0.315 e. The van der Waals surface area contributed by atoms with E-state index in [0.29, 0.717) is 6.04 Å². The van der Waals surface area contributed by atoms with E-state index in [4.69, 9.17) is 11.6 Å². The van der Waals surface area contributed by atoms with Gasteiger partial charge in [0.2, 0.25) is 0 Å². The SMILES string of the molecule is CN(Cc1ccc(Cl)cc1)C1CCCNC1. The zero-order valence-electron chi connectivity index (χ0n) is 9.75. The zero-order chi connectivity index (χ0) is 11.4. The third-order valence-corrected chi connectivity index (χ3v) is 3.49. The van der Waals surface area contributed by atoms with Crippen LogP contribution in [0.4, 0.5) is 0 Å². The maximum absolute atomic E-state index is 5.87. The van der Waals surface area contributed by atoms with Crippen molar-refractivity contribution in [3.63, 3.8) is 0 Å². The van der Waals surface area contributed by atoms with Gasteiger partial charge in [-0.15, -0.1) is 0 Å². The predicted molar refractivity (Wildman–Crippen MR) is 68.8 cm³/mol. The highest BCUT2D eigenvalue weighted by Gasteiger charge is 2.17. The van der Waals surface area contributed by atoms with E-state index in [9.17, 15) is 0 Å². The van der Waals surface area contributed by atoms with Crippen molar-refractivity contribution in [3.05, 3.63) is 34.9 Å². The van der Waals surface area contributed by atoms with Crippen molar-refractivity contribution >= 4 is 11.6 Å². The van der Waals surface area contributed by atoms with Crippen molar-refractivity contribution in [2.24, 2.45) is 0 Å². The smallest absolute Gasteiger partial charge is 0.0406 e. The summed E-state index contributed by atoms with van der Waals surface area (Å²) in [6, 6.07) is 8.81. The maximum atomic E-state index is 5.87. The average Bonchev–Trinajstić information content (AvgIpc) is 2.33. The van der Waals surface area contributed by atoms with Crippen LogP contribution in [0.15, 0.2) is 24.3 Å². The van der Waals surface area contributed by atoms with Crippen molar-refractivity contribution in [1.29, 1.82) is 0 Å². The molecule has 1 saturated heterocycles. The second-order valence-electron chi connectivity index (χ2n) is 4.54. The van der Waals surface area contributed by atoms with Gasteiger partial charge in [-0.2, -0.15) is 0 Å². The number of hydrogen-bond acceptors (Lipinski definition) is 2. The highest BCUT2D eigenvalue weighted by atomic mass is 35.5. The molecule has 88 valence electrons. The van der Waals surface area contributed by atoms with Crippen molar-refractivity contribution in [1.82, 2.24) is 10.2 Å². The van der Waals surface area contributed by atoms with Crippen LogP contribution in [0.3, 0.4) is 0 Å². The molecule has 1 unspecified atom stereocenters. The Kier molecular flexibility index (Phi) is 4.22. The first kappa shape index (κ1) is 11.9. The van der Waals surface area contributed by atoms with Crippen molar-refractivity contribution in [2.45, 2.75) is 25.4 Å². The molecule has 0 radical (unpaired) electrons. The molecule has 0 spiro atoms. The van der Waals surface area contributed by atoms with E-state index in [2.05, 4.69) is 29.4 Å². The molecule has 3 heteroatoms. The van der Waals surface area contributed by atoms with Gasteiger partial charge >= 0.3 is 0 Å². The summed E-state index contributed by atoms with van der Waals surface area (Å²) in [7, 11) is 2.20. The van der Waals surface area contributed by atoms with Gasteiger partial charge in [0.05, 0.1) is 0 Å². The van der Waals surface area contributed by atoms with Crippen LogP contribution in [0.25, 0.3) is 0 Å². The van der Waals surface area contributed by atoms with Gasteiger partial charge in [-0.25, -0.2) is 0 Å². The molecule has 16 heavy (non-hydrogen) atoms. The second-order valence-corrected chi connectivity index (χ2v) is 4.98. The van der Waals surface area contributed by atoms with E-state index in [1.54, 1.807) is 0 Å². The molecule has 1 aliphatic heterocycles. The van der Waals surface area contributed by atoms with E-state index in [1.807, 2.05) is 12.1 Å². The highest BCUT2D eigenvalue weighted by Crippen LogP contribution is 2.14. The fourth-order valence-corrected chi connectivity index (χ4v) is 2.34. The molecule has 1 atom stereocenters. The number of nitrogens with one attached hydrogen (secondary N) is 1. The van der Waals surface area contributed by atoms with Crippen LogP contribution in [0.2, 0.25) is 5.02 Å². The Hall–Kier alpha value is -0.570. The molecule has 0 amide bonds. The van der Waals surface area contributed by atoms with E-state index in [-0.39, 0.29) is 0 Å². The minimum atomic E-state index is 0.671. The highest BCUT2D eigenvalue weighted by molar-refractivity contribution is 6.30. The first-order valence-electron chi connectivity index (χ1n) is 5.91. The summed E-state index contributed by atoms with van der Waals surface area (Å²) in [5.74, 6) is 0. The Labute approximate surface area is 103 Å². The molecule has 1 fully saturated rings. The topological polar surface area (TPSA) is 15.3 Å². The third kappa shape index (κ3) is 3.21. The Morgan fingerprint density at radius 2 is 2.12 bits per heavy atom. The lowest BCUT2D eigenvalue weighted by Crippen LogP contribution is -2.43. The largest absolute Gasteiger partial charge is 0.315 e. The predicted octanol–water partition coefficient (Wildman–Crippen LogP) is 2.52. The van der Waals surface area contributed by atoms with Crippen LogP contribution in [-0.4, -0.2) is 31.1 Å². The lowest BCUT2D eigenvalue weighted by molar-refractivity contribution is 0.196. The number of hydrogen-bond donors (Lipinski definition) is 1. The van der Waals surface area contributed by atoms with Crippen LogP contribution in [0.5, 0.6) is 0 Å². The van der Waals surface area contributed by atoms with Crippen LogP contribution >= 0.6 is 11.6 Å². The number of likely N-dealkylation sites (N-methyl/N-ethyl adjacent to an activating group) is 1. The van der Waals surface area contributed by atoms with Gasteiger partial charge in [0, 0.05) is 24.2 Å². The molecule has 0 saturated carbocycles. The molecule has 0 aromatic heterocycles. The lowest BCUT2D eigenvalue weighted by atomic mass is 10.1. The average molecular weight is 239 g/mol. The molecular formula is C13H19ClN2. The minimum absolute atomic E-state index is 0.671.